The molecule has 0 aromatic carbocycles. The molecule has 90 valence electrons. The summed E-state index contributed by atoms with van der Waals surface area (Å²) in [6.45, 7) is 5.48. The number of nitrogens with one attached hydrogen (secondary N) is 1. The summed E-state index contributed by atoms with van der Waals surface area (Å²) in [6, 6.07) is 3.61. The van der Waals surface area contributed by atoms with Crippen molar-refractivity contribution < 1.29 is 9.90 Å². The zero-order valence-electron chi connectivity index (χ0n) is 10.2. The van der Waals surface area contributed by atoms with Crippen LogP contribution in [0, 0.1) is 18.8 Å². The minimum atomic E-state index is -0.530. The van der Waals surface area contributed by atoms with E-state index in [1.54, 1.807) is 19.9 Å². The van der Waals surface area contributed by atoms with Gasteiger partial charge < -0.3 is 10.4 Å². The lowest BCUT2D eigenvalue weighted by Gasteiger charge is -2.09. The van der Waals surface area contributed by atoms with Crippen molar-refractivity contribution in [1.82, 2.24) is 10.3 Å². The number of rotatable bonds is 3. The predicted molar refractivity (Wildman–Crippen MR) is 64.9 cm³/mol. The van der Waals surface area contributed by atoms with E-state index in [4.69, 9.17) is 0 Å². The molecule has 4 heteroatoms. The van der Waals surface area contributed by atoms with Crippen molar-refractivity contribution in [2.24, 2.45) is 0 Å². The average molecular weight is 232 g/mol. The Kier molecular flexibility index (Phi) is 4.68. The van der Waals surface area contributed by atoms with Gasteiger partial charge in [-0.15, -0.1) is 0 Å². The molecule has 4 nitrogen and oxygen atoms in total. The topological polar surface area (TPSA) is 62.2 Å². The number of hydrogen-bond acceptors (Lipinski definition) is 3. The van der Waals surface area contributed by atoms with Gasteiger partial charge in [-0.05, 0) is 32.8 Å². The number of carbonyl (C=O) groups is 1. The molecular weight excluding hydrogens is 216 g/mol. The minimum Gasteiger partial charge on any atom is -0.389 e. The van der Waals surface area contributed by atoms with Crippen LogP contribution in [0.3, 0.4) is 0 Å². The van der Waals surface area contributed by atoms with Gasteiger partial charge in [-0.25, -0.2) is 0 Å². The molecule has 1 aromatic rings. The molecule has 0 aliphatic rings. The standard InChI is InChI=1S/C13H16N2O2/c1-4-5-13(17)14-8-11-6-7-12(10(3)16)9(2)15-11/h6-7,10,16H,8H2,1-3H3,(H,14,17). The molecule has 1 unspecified atom stereocenters. The fraction of sp³-hybridized carbons (Fsp3) is 0.385. The molecule has 0 bridgehead atoms. The van der Waals surface area contributed by atoms with Gasteiger partial charge in [-0.2, -0.15) is 0 Å². The second-order valence-electron chi connectivity index (χ2n) is 3.71. The molecule has 0 aliphatic heterocycles. The number of aromatic nitrogens is 1. The highest BCUT2D eigenvalue weighted by atomic mass is 16.3. The summed E-state index contributed by atoms with van der Waals surface area (Å²) in [5.74, 6) is 4.60. The minimum absolute atomic E-state index is 0.313. The molecule has 1 atom stereocenters. The SMILES string of the molecule is CC#CC(=O)NCc1ccc(C(C)O)c(C)n1. The van der Waals surface area contributed by atoms with E-state index in [2.05, 4.69) is 22.1 Å². The lowest BCUT2D eigenvalue weighted by atomic mass is 10.1. The number of pyridine rings is 1. The van der Waals surface area contributed by atoms with Gasteiger partial charge in [0.25, 0.3) is 5.91 Å². The number of aliphatic hydroxyl groups excluding tert-OH is 1. The van der Waals surface area contributed by atoms with Crippen LogP contribution in [0.15, 0.2) is 12.1 Å². The fourth-order valence-corrected chi connectivity index (χ4v) is 1.49. The smallest absolute Gasteiger partial charge is 0.296 e. The van der Waals surface area contributed by atoms with Crippen LogP contribution in [0.25, 0.3) is 0 Å². The number of aliphatic hydroxyl groups is 1. The zero-order valence-corrected chi connectivity index (χ0v) is 10.2. The number of aryl methyl sites for hydroxylation is 1. The molecule has 1 heterocycles. The molecule has 2 N–H and O–H groups in total. The first-order valence-electron chi connectivity index (χ1n) is 5.39. The molecule has 0 saturated carbocycles. The normalized spacial score (nSPS) is 11.3. The fourth-order valence-electron chi connectivity index (χ4n) is 1.49. The summed E-state index contributed by atoms with van der Waals surface area (Å²) in [7, 11) is 0. The maximum absolute atomic E-state index is 11.1. The van der Waals surface area contributed by atoms with Crippen molar-refractivity contribution in [2.45, 2.75) is 33.4 Å². The van der Waals surface area contributed by atoms with Crippen LogP contribution in [0.1, 0.15) is 36.9 Å². The summed E-state index contributed by atoms with van der Waals surface area (Å²) in [5, 5.41) is 12.1. The van der Waals surface area contributed by atoms with Crippen molar-refractivity contribution in [3.05, 3.63) is 29.1 Å². The molecule has 0 radical (unpaired) electrons. The van der Waals surface area contributed by atoms with Crippen molar-refractivity contribution in [1.29, 1.82) is 0 Å². The highest BCUT2D eigenvalue weighted by molar-refractivity contribution is 5.93. The van der Waals surface area contributed by atoms with Crippen LogP contribution in [-0.4, -0.2) is 16.0 Å². The van der Waals surface area contributed by atoms with E-state index in [0.29, 0.717) is 6.54 Å². The Morgan fingerprint density at radius 1 is 1.59 bits per heavy atom. The Balaban J connectivity index is 2.70. The molecule has 1 aromatic heterocycles. The average Bonchev–Trinajstić information content (AvgIpc) is 2.26. The molecule has 1 rings (SSSR count). The molecule has 0 aliphatic carbocycles. The Morgan fingerprint density at radius 3 is 2.82 bits per heavy atom. The Labute approximate surface area is 101 Å². The Bertz CT molecular complexity index is 470. The molecular formula is C13H16N2O2. The van der Waals surface area contributed by atoms with Gasteiger partial charge in [0, 0.05) is 11.3 Å². The summed E-state index contributed by atoms with van der Waals surface area (Å²) in [5.41, 5.74) is 2.32. The molecule has 0 saturated heterocycles. The van der Waals surface area contributed by atoms with Crippen LogP contribution in [0.4, 0.5) is 0 Å². The Hall–Kier alpha value is -1.86. The lowest BCUT2D eigenvalue weighted by molar-refractivity contribution is -0.115. The summed E-state index contributed by atoms with van der Waals surface area (Å²) >= 11 is 0. The van der Waals surface area contributed by atoms with Crippen molar-refractivity contribution in [3.63, 3.8) is 0 Å². The number of amides is 1. The van der Waals surface area contributed by atoms with Gasteiger partial charge in [-0.3, -0.25) is 9.78 Å². The van der Waals surface area contributed by atoms with Crippen LogP contribution in [0.2, 0.25) is 0 Å². The van der Waals surface area contributed by atoms with Gasteiger partial charge in [0.1, 0.15) is 0 Å². The summed E-state index contributed by atoms with van der Waals surface area (Å²) in [6.07, 6.45) is -0.530. The van der Waals surface area contributed by atoms with Gasteiger partial charge >= 0.3 is 0 Å². The second kappa shape index (κ2) is 6.02. The van der Waals surface area contributed by atoms with Crippen LogP contribution in [-0.2, 0) is 11.3 Å². The zero-order chi connectivity index (χ0) is 12.8. The van der Waals surface area contributed by atoms with Crippen molar-refractivity contribution in [2.75, 3.05) is 0 Å². The highest BCUT2D eigenvalue weighted by Gasteiger charge is 2.07. The first-order chi connectivity index (χ1) is 8.04. The third kappa shape index (κ3) is 3.89. The quantitative estimate of drug-likeness (QED) is 0.767. The molecule has 17 heavy (non-hydrogen) atoms. The molecule has 1 amide bonds. The first kappa shape index (κ1) is 13.2. The first-order valence-corrected chi connectivity index (χ1v) is 5.39. The van der Waals surface area contributed by atoms with Gasteiger partial charge in [-0.1, -0.05) is 12.0 Å². The van der Waals surface area contributed by atoms with E-state index in [0.717, 1.165) is 17.0 Å². The lowest BCUT2D eigenvalue weighted by Crippen LogP contribution is -2.21. The highest BCUT2D eigenvalue weighted by Crippen LogP contribution is 2.15. The maximum atomic E-state index is 11.1. The van der Waals surface area contributed by atoms with Crippen LogP contribution < -0.4 is 5.32 Å². The van der Waals surface area contributed by atoms with E-state index in [1.807, 2.05) is 13.0 Å². The second-order valence-corrected chi connectivity index (χ2v) is 3.71. The third-order valence-corrected chi connectivity index (χ3v) is 2.30. The maximum Gasteiger partial charge on any atom is 0.296 e. The largest absolute Gasteiger partial charge is 0.389 e. The van der Waals surface area contributed by atoms with Crippen molar-refractivity contribution >= 4 is 5.91 Å². The van der Waals surface area contributed by atoms with Gasteiger partial charge in [0.05, 0.1) is 18.3 Å². The van der Waals surface area contributed by atoms with Crippen molar-refractivity contribution in [3.8, 4) is 11.8 Å². The third-order valence-electron chi connectivity index (χ3n) is 2.30. The van der Waals surface area contributed by atoms with E-state index in [-0.39, 0.29) is 5.91 Å². The van der Waals surface area contributed by atoms with Gasteiger partial charge in [0.15, 0.2) is 0 Å². The van der Waals surface area contributed by atoms with Crippen LogP contribution in [0.5, 0.6) is 0 Å². The van der Waals surface area contributed by atoms with E-state index in [9.17, 15) is 9.90 Å². The number of nitrogens with zero attached hydrogens (tertiary/aromatic N) is 1. The summed E-state index contributed by atoms with van der Waals surface area (Å²) in [4.78, 5) is 15.4. The predicted octanol–water partition coefficient (Wildman–Crippen LogP) is 1.08. The molecule has 0 spiro atoms. The van der Waals surface area contributed by atoms with E-state index >= 15 is 0 Å². The van der Waals surface area contributed by atoms with E-state index < -0.39 is 6.10 Å². The van der Waals surface area contributed by atoms with Crippen LogP contribution >= 0.6 is 0 Å². The Morgan fingerprint density at radius 2 is 2.29 bits per heavy atom. The van der Waals surface area contributed by atoms with E-state index in [1.165, 1.54) is 0 Å². The number of carbonyl (C=O) groups excluding carboxylic acids is 1. The summed E-state index contributed by atoms with van der Waals surface area (Å²) < 4.78 is 0. The molecule has 0 fully saturated rings. The number of hydrogen-bond donors (Lipinski definition) is 2. The van der Waals surface area contributed by atoms with Gasteiger partial charge in [0.2, 0.25) is 0 Å². The monoisotopic (exact) mass is 232 g/mol.